The van der Waals surface area contributed by atoms with Crippen LogP contribution in [0.3, 0.4) is 0 Å². The van der Waals surface area contributed by atoms with E-state index in [4.69, 9.17) is 8.92 Å². The molecule has 0 N–H and O–H groups in total. The van der Waals surface area contributed by atoms with Gasteiger partial charge in [0.2, 0.25) is 0 Å². The van der Waals surface area contributed by atoms with E-state index >= 15 is 0 Å². The van der Waals surface area contributed by atoms with Gasteiger partial charge in [-0.15, -0.1) is 0 Å². The molecule has 1 aliphatic heterocycles. The van der Waals surface area contributed by atoms with Crippen molar-refractivity contribution in [2.45, 2.75) is 18.9 Å². The molecule has 2 nitrogen and oxygen atoms in total. The molecule has 1 heterocycles. The molecule has 1 atom stereocenters. The Balaban J connectivity index is 2.08. The molecule has 0 aromatic carbocycles. The highest BCUT2D eigenvalue weighted by molar-refractivity contribution is 7.93. The predicted octanol–water partition coefficient (Wildman–Crippen LogP) is 1.46. The molecule has 0 aliphatic carbocycles. The third-order valence-corrected chi connectivity index (χ3v) is 1.82. The van der Waals surface area contributed by atoms with Gasteiger partial charge in [0.25, 0.3) is 0 Å². The van der Waals surface area contributed by atoms with Gasteiger partial charge in [0.05, 0.1) is 12.7 Å². The van der Waals surface area contributed by atoms with Crippen LogP contribution in [0, 0.1) is 0 Å². The van der Waals surface area contributed by atoms with Crippen molar-refractivity contribution < 1.29 is 8.92 Å². The van der Waals surface area contributed by atoms with E-state index < -0.39 is 0 Å². The van der Waals surface area contributed by atoms with Crippen LogP contribution < -0.4 is 0 Å². The minimum atomic E-state index is 0.341. The van der Waals surface area contributed by atoms with Crippen molar-refractivity contribution in [2.75, 3.05) is 19.5 Å². The van der Waals surface area contributed by atoms with Gasteiger partial charge in [0.15, 0.2) is 0 Å². The number of ether oxygens (including phenoxy) is 1. The second kappa shape index (κ2) is 4.14. The summed E-state index contributed by atoms with van der Waals surface area (Å²) in [5.41, 5.74) is 0. The smallest absolute Gasteiger partial charge is 0.0956 e. The maximum absolute atomic E-state index is 5.27. The molecular formula is C6H12O2S. The quantitative estimate of drug-likeness (QED) is 0.552. The molecule has 1 rings (SSSR count). The lowest BCUT2D eigenvalue weighted by Crippen LogP contribution is -2.22. The fraction of sp³-hybridized carbons (Fsp3) is 1.00. The fourth-order valence-corrected chi connectivity index (χ4v) is 1.35. The second-order valence-electron chi connectivity index (χ2n) is 2.10. The first-order valence-electron chi connectivity index (χ1n) is 3.20. The Kier molecular flexibility index (Phi) is 3.40. The van der Waals surface area contributed by atoms with Gasteiger partial charge in [-0.25, -0.2) is 0 Å². The SMILES string of the molecule is CSOC1CCCOC1. The molecule has 9 heavy (non-hydrogen) atoms. The van der Waals surface area contributed by atoms with Crippen molar-refractivity contribution >= 4 is 12.0 Å². The van der Waals surface area contributed by atoms with Crippen LogP contribution >= 0.6 is 12.0 Å². The third-order valence-electron chi connectivity index (χ3n) is 1.35. The third kappa shape index (κ3) is 2.56. The lowest BCUT2D eigenvalue weighted by molar-refractivity contribution is 0.0167. The minimum absolute atomic E-state index is 0.341. The van der Waals surface area contributed by atoms with Crippen molar-refractivity contribution in [2.24, 2.45) is 0 Å². The summed E-state index contributed by atoms with van der Waals surface area (Å²) in [6.07, 6.45) is 4.58. The zero-order valence-electron chi connectivity index (χ0n) is 5.63. The van der Waals surface area contributed by atoms with Gasteiger partial charge in [0.1, 0.15) is 0 Å². The molecule has 0 aromatic heterocycles. The molecule has 1 fully saturated rings. The maximum atomic E-state index is 5.27. The summed E-state index contributed by atoms with van der Waals surface area (Å²) < 4.78 is 10.5. The minimum Gasteiger partial charge on any atom is -0.379 e. The first kappa shape index (κ1) is 7.38. The topological polar surface area (TPSA) is 18.5 Å². The van der Waals surface area contributed by atoms with Crippen LogP contribution in [0.2, 0.25) is 0 Å². The Morgan fingerprint density at radius 1 is 1.67 bits per heavy atom. The van der Waals surface area contributed by atoms with Crippen LogP contribution in [0.25, 0.3) is 0 Å². The highest BCUT2D eigenvalue weighted by Gasteiger charge is 2.13. The highest BCUT2D eigenvalue weighted by Crippen LogP contribution is 2.13. The molecule has 0 amide bonds. The summed E-state index contributed by atoms with van der Waals surface area (Å²) in [7, 11) is 0. The van der Waals surface area contributed by atoms with Crippen LogP contribution in [0.1, 0.15) is 12.8 Å². The molecule has 1 unspecified atom stereocenters. The van der Waals surface area contributed by atoms with E-state index in [0.29, 0.717) is 6.10 Å². The summed E-state index contributed by atoms with van der Waals surface area (Å²) in [5, 5.41) is 0. The highest BCUT2D eigenvalue weighted by atomic mass is 32.2. The van der Waals surface area contributed by atoms with E-state index in [0.717, 1.165) is 26.1 Å². The standard InChI is InChI=1S/C6H12O2S/c1-9-8-6-3-2-4-7-5-6/h6H,2-5H2,1H3. The first-order valence-corrected chi connectivity index (χ1v) is 4.35. The van der Waals surface area contributed by atoms with Crippen molar-refractivity contribution in [3.63, 3.8) is 0 Å². The van der Waals surface area contributed by atoms with Gasteiger partial charge in [-0.2, -0.15) is 0 Å². The zero-order valence-corrected chi connectivity index (χ0v) is 6.45. The molecule has 0 saturated carbocycles. The van der Waals surface area contributed by atoms with Crippen molar-refractivity contribution in [3.05, 3.63) is 0 Å². The van der Waals surface area contributed by atoms with Gasteiger partial charge in [-0.1, -0.05) is 0 Å². The molecule has 0 spiro atoms. The van der Waals surface area contributed by atoms with E-state index in [9.17, 15) is 0 Å². The summed E-state index contributed by atoms with van der Waals surface area (Å²) >= 11 is 1.43. The number of rotatable bonds is 2. The summed E-state index contributed by atoms with van der Waals surface area (Å²) in [5.74, 6) is 0. The molecule has 0 bridgehead atoms. The van der Waals surface area contributed by atoms with E-state index in [-0.39, 0.29) is 0 Å². The van der Waals surface area contributed by atoms with Gasteiger partial charge >= 0.3 is 0 Å². The molecular weight excluding hydrogens is 136 g/mol. The average Bonchev–Trinajstić information content (AvgIpc) is 1.91. The van der Waals surface area contributed by atoms with Crippen LogP contribution in [0.15, 0.2) is 0 Å². The molecule has 54 valence electrons. The Labute approximate surface area is 60.1 Å². The normalized spacial score (nSPS) is 28.3. The average molecular weight is 148 g/mol. The summed E-state index contributed by atoms with van der Waals surface area (Å²) in [6, 6.07) is 0. The van der Waals surface area contributed by atoms with Crippen molar-refractivity contribution in [1.29, 1.82) is 0 Å². The zero-order chi connectivity index (χ0) is 6.53. The van der Waals surface area contributed by atoms with Gasteiger partial charge in [-0.3, -0.25) is 0 Å². The summed E-state index contributed by atoms with van der Waals surface area (Å²) in [4.78, 5) is 0. The van der Waals surface area contributed by atoms with E-state index in [1.165, 1.54) is 12.0 Å². The van der Waals surface area contributed by atoms with Crippen LogP contribution in [-0.2, 0) is 8.92 Å². The van der Waals surface area contributed by atoms with Gasteiger partial charge in [0, 0.05) is 12.9 Å². The number of hydrogen-bond donors (Lipinski definition) is 0. The molecule has 1 saturated heterocycles. The Hall–Kier alpha value is 0.270. The number of hydrogen-bond acceptors (Lipinski definition) is 3. The van der Waals surface area contributed by atoms with E-state index in [2.05, 4.69) is 0 Å². The monoisotopic (exact) mass is 148 g/mol. The first-order chi connectivity index (χ1) is 4.43. The van der Waals surface area contributed by atoms with E-state index in [1.54, 1.807) is 0 Å². The molecule has 0 radical (unpaired) electrons. The molecule has 0 aromatic rings. The van der Waals surface area contributed by atoms with Crippen LogP contribution in [-0.4, -0.2) is 25.6 Å². The lowest BCUT2D eigenvalue weighted by Gasteiger charge is -2.20. The predicted molar refractivity (Wildman–Crippen MR) is 38.4 cm³/mol. The maximum Gasteiger partial charge on any atom is 0.0956 e. The second-order valence-corrected chi connectivity index (χ2v) is 2.63. The molecule has 1 aliphatic rings. The van der Waals surface area contributed by atoms with Gasteiger partial charge < -0.3 is 8.92 Å². The van der Waals surface area contributed by atoms with Crippen molar-refractivity contribution in [3.8, 4) is 0 Å². The fourth-order valence-electron chi connectivity index (χ4n) is 0.923. The van der Waals surface area contributed by atoms with Crippen molar-refractivity contribution in [1.82, 2.24) is 0 Å². The largest absolute Gasteiger partial charge is 0.379 e. The Morgan fingerprint density at radius 2 is 2.56 bits per heavy atom. The lowest BCUT2D eigenvalue weighted by atomic mass is 10.2. The Morgan fingerprint density at radius 3 is 3.11 bits per heavy atom. The van der Waals surface area contributed by atoms with Crippen LogP contribution in [0.5, 0.6) is 0 Å². The van der Waals surface area contributed by atoms with Gasteiger partial charge in [-0.05, 0) is 24.9 Å². The van der Waals surface area contributed by atoms with E-state index in [1.807, 2.05) is 6.26 Å². The summed E-state index contributed by atoms with van der Waals surface area (Å²) in [6.45, 7) is 1.69. The van der Waals surface area contributed by atoms with Crippen LogP contribution in [0.4, 0.5) is 0 Å². The Bertz CT molecular complexity index is 68.7. The molecule has 3 heteroatoms.